The van der Waals surface area contributed by atoms with Crippen molar-refractivity contribution in [3.63, 3.8) is 0 Å². The maximum Gasteiger partial charge on any atom is 0.173 e. The Morgan fingerprint density at radius 1 is 0.875 bits per heavy atom. The lowest BCUT2D eigenvalue weighted by Gasteiger charge is -2.36. The van der Waals surface area contributed by atoms with Gasteiger partial charge in [-0.1, -0.05) is 35.3 Å². The summed E-state index contributed by atoms with van der Waals surface area (Å²) in [6, 6.07) is 15.6. The summed E-state index contributed by atoms with van der Waals surface area (Å²) in [4.78, 5) is 4.65. The van der Waals surface area contributed by atoms with E-state index in [4.69, 9.17) is 35.4 Å². The van der Waals surface area contributed by atoms with Crippen LogP contribution >= 0.6 is 35.4 Å². The molecule has 3 nitrogen and oxygen atoms in total. The monoisotopic (exact) mass is 379 g/mol. The van der Waals surface area contributed by atoms with Crippen molar-refractivity contribution in [2.45, 2.75) is 6.54 Å². The summed E-state index contributed by atoms with van der Waals surface area (Å²) < 4.78 is 0. The van der Waals surface area contributed by atoms with Crippen LogP contribution in [0.4, 0.5) is 5.69 Å². The minimum absolute atomic E-state index is 0.724. The predicted molar refractivity (Wildman–Crippen MR) is 106 cm³/mol. The molecule has 0 aliphatic carbocycles. The van der Waals surface area contributed by atoms with Crippen LogP contribution in [0.15, 0.2) is 48.5 Å². The van der Waals surface area contributed by atoms with Gasteiger partial charge in [-0.2, -0.15) is 0 Å². The number of piperazine rings is 1. The summed E-state index contributed by atoms with van der Waals surface area (Å²) in [5, 5.41) is 5.55. The highest BCUT2D eigenvalue weighted by Crippen LogP contribution is 2.16. The molecule has 2 aromatic rings. The van der Waals surface area contributed by atoms with Crippen molar-refractivity contribution in [2.75, 3.05) is 31.5 Å². The minimum atomic E-state index is 0.724. The smallest absolute Gasteiger partial charge is 0.173 e. The van der Waals surface area contributed by atoms with Crippen molar-refractivity contribution < 1.29 is 0 Å². The number of rotatable bonds is 3. The quantitative estimate of drug-likeness (QED) is 0.790. The summed E-state index contributed by atoms with van der Waals surface area (Å²) in [5.41, 5.74) is 2.25. The highest BCUT2D eigenvalue weighted by molar-refractivity contribution is 7.80. The zero-order valence-corrected chi connectivity index (χ0v) is 15.5. The van der Waals surface area contributed by atoms with Crippen LogP contribution < -0.4 is 5.32 Å². The molecule has 1 N–H and O–H groups in total. The van der Waals surface area contributed by atoms with Crippen LogP contribution in [0.2, 0.25) is 10.0 Å². The van der Waals surface area contributed by atoms with E-state index in [1.54, 1.807) is 0 Å². The molecule has 3 rings (SSSR count). The van der Waals surface area contributed by atoms with Gasteiger partial charge in [0.1, 0.15) is 0 Å². The largest absolute Gasteiger partial charge is 0.346 e. The van der Waals surface area contributed by atoms with Crippen molar-refractivity contribution >= 4 is 46.2 Å². The van der Waals surface area contributed by atoms with E-state index < -0.39 is 0 Å². The molecule has 126 valence electrons. The number of benzene rings is 2. The second kappa shape index (κ2) is 8.17. The molecule has 6 heteroatoms. The van der Waals surface area contributed by atoms with E-state index in [9.17, 15) is 0 Å². The van der Waals surface area contributed by atoms with Gasteiger partial charge in [0.15, 0.2) is 5.11 Å². The van der Waals surface area contributed by atoms with E-state index in [0.717, 1.165) is 53.6 Å². The molecule has 1 saturated heterocycles. The summed E-state index contributed by atoms with van der Waals surface area (Å²) in [5.74, 6) is 0. The Labute approximate surface area is 158 Å². The third-order valence-corrected chi connectivity index (χ3v) is 4.94. The average Bonchev–Trinajstić information content (AvgIpc) is 2.59. The molecule has 24 heavy (non-hydrogen) atoms. The number of nitrogens with one attached hydrogen (secondary N) is 1. The Balaban J connectivity index is 1.48. The highest BCUT2D eigenvalue weighted by atomic mass is 35.5. The lowest BCUT2D eigenvalue weighted by atomic mass is 10.2. The SMILES string of the molecule is S=C(Nc1ccc(Cl)cc1)N1CCN(Cc2ccc(Cl)cc2)CC1. The topological polar surface area (TPSA) is 18.5 Å². The molecule has 0 radical (unpaired) electrons. The maximum atomic E-state index is 5.93. The van der Waals surface area contributed by atoms with E-state index >= 15 is 0 Å². The van der Waals surface area contributed by atoms with E-state index in [0.29, 0.717) is 0 Å². The summed E-state index contributed by atoms with van der Waals surface area (Å²) in [6.45, 7) is 4.78. The van der Waals surface area contributed by atoms with E-state index in [2.05, 4.69) is 27.2 Å². The number of hydrogen-bond acceptors (Lipinski definition) is 2. The van der Waals surface area contributed by atoms with E-state index in [1.807, 2.05) is 36.4 Å². The van der Waals surface area contributed by atoms with Crippen LogP contribution in [-0.2, 0) is 6.54 Å². The number of halogens is 2. The van der Waals surface area contributed by atoms with E-state index in [1.165, 1.54) is 5.56 Å². The Morgan fingerprint density at radius 3 is 2.00 bits per heavy atom. The van der Waals surface area contributed by atoms with Crippen LogP contribution in [0.5, 0.6) is 0 Å². The fourth-order valence-electron chi connectivity index (χ4n) is 2.69. The molecule has 0 aromatic heterocycles. The molecule has 0 spiro atoms. The number of thiocarbonyl (C=S) groups is 1. The zero-order valence-electron chi connectivity index (χ0n) is 13.2. The predicted octanol–water partition coefficient (Wildman–Crippen LogP) is 4.51. The molecule has 0 unspecified atom stereocenters. The molecule has 1 heterocycles. The Morgan fingerprint density at radius 2 is 1.42 bits per heavy atom. The van der Waals surface area contributed by atoms with Gasteiger partial charge >= 0.3 is 0 Å². The fraction of sp³-hybridized carbons (Fsp3) is 0.278. The van der Waals surface area contributed by atoms with Gasteiger partial charge in [-0.15, -0.1) is 0 Å². The second-order valence-corrected chi connectivity index (χ2v) is 7.09. The molecule has 1 aliphatic heterocycles. The molecular formula is C18H19Cl2N3S. The molecule has 1 aliphatic rings. The van der Waals surface area contributed by atoms with E-state index in [-0.39, 0.29) is 0 Å². The van der Waals surface area contributed by atoms with Gasteiger partial charge in [0.25, 0.3) is 0 Å². The molecule has 0 bridgehead atoms. The summed E-state index contributed by atoms with van der Waals surface area (Å²) in [6.07, 6.45) is 0. The maximum absolute atomic E-state index is 5.93. The van der Waals surface area contributed by atoms with Crippen LogP contribution in [-0.4, -0.2) is 41.1 Å². The van der Waals surface area contributed by atoms with Gasteiger partial charge in [-0.3, -0.25) is 4.90 Å². The van der Waals surface area contributed by atoms with Gasteiger partial charge < -0.3 is 10.2 Å². The van der Waals surface area contributed by atoms with Crippen LogP contribution in [0.25, 0.3) is 0 Å². The minimum Gasteiger partial charge on any atom is -0.346 e. The van der Waals surface area contributed by atoms with Crippen molar-refractivity contribution in [1.29, 1.82) is 0 Å². The zero-order chi connectivity index (χ0) is 16.9. The molecule has 1 fully saturated rings. The number of hydrogen-bond donors (Lipinski definition) is 1. The lowest BCUT2D eigenvalue weighted by Crippen LogP contribution is -2.49. The summed E-state index contributed by atoms with van der Waals surface area (Å²) >= 11 is 17.4. The first-order valence-corrected chi connectivity index (χ1v) is 9.05. The van der Waals surface area contributed by atoms with Crippen LogP contribution in [0.3, 0.4) is 0 Å². The first-order valence-electron chi connectivity index (χ1n) is 7.88. The highest BCUT2D eigenvalue weighted by Gasteiger charge is 2.19. The van der Waals surface area contributed by atoms with Crippen molar-refractivity contribution in [1.82, 2.24) is 9.80 Å². The molecule has 2 aromatic carbocycles. The van der Waals surface area contributed by atoms with Crippen LogP contribution in [0.1, 0.15) is 5.56 Å². The first kappa shape index (κ1) is 17.5. The van der Waals surface area contributed by atoms with Crippen molar-refractivity contribution in [3.8, 4) is 0 Å². The van der Waals surface area contributed by atoms with Gasteiger partial charge in [0, 0.05) is 48.5 Å². The second-order valence-electron chi connectivity index (χ2n) is 5.83. The average molecular weight is 380 g/mol. The molecule has 0 atom stereocenters. The normalized spacial score (nSPS) is 15.3. The van der Waals surface area contributed by atoms with Gasteiger partial charge in [0.05, 0.1) is 0 Å². The van der Waals surface area contributed by atoms with Gasteiger partial charge in [-0.25, -0.2) is 0 Å². The number of anilines is 1. The van der Waals surface area contributed by atoms with Gasteiger partial charge in [0.2, 0.25) is 0 Å². The summed E-state index contributed by atoms with van der Waals surface area (Å²) in [7, 11) is 0. The van der Waals surface area contributed by atoms with Crippen LogP contribution in [0, 0.1) is 0 Å². The molecule has 0 saturated carbocycles. The first-order chi connectivity index (χ1) is 11.6. The third kappa shape index (κ3) is 4.84. The third-order valence-electron chi connectivity index (χ3n) is 4.07. The van der Waals surface area contributed by atoms with Crippen molar-refractivity contribution in [2.24, 2.45) is 0 Å². The molecule has 0 amide bonds. The number of nitrogens with zero attached hydrogens (tertiary/aromatic N) is 2. The van der Waals surface area contributed by atoms with Gasteiger partial charge in [-0.05, 0) is 54.2 Å². The Hall–Kier alpha value is -1.33. The Bertz CT molecular complexity index is 680. The van der Waals surface area contributed by atoms with Crippen molar-refractivity contribution in [3.05, 3.63) is 64.1 Å². The Kier molecular flexibility index (Phi) is 5.95. The standard InChI is InChI=1S/C18H19Cl2N3S/c19-15-3-1-14(2-4-15)13-22-9-11-23(12-10-22)18(24)21-17-7-5-16(20)6-8-17/h1-8H,9-13H2,(H,21,24). The molecular weight excluding hydrogens is 361 g/mol. The lowest BCUT2D eigenvalue weighted by molar-refractivity contribution is 0.177. The fourth-order valence-corrected chi connectivity index (χ4v) is 3.25.